The quantitative estimate of drug-likeness (QED) is 0.164. The van der Waals surface area contributed by atoms with E-state index in [-0.39, 0.29) is 5.97 Å². The Morgan fingerprint density at radius 1 is 0.925 bits per heavy atom. The minimum atomic E-state index is -0.620. The van der Waals surface area contributed by atoms with Gasteiger partial charge < -0.3 is 18.9 Å². The number of hydrogen-bond acceptors (Lipinski definition) is 6. The Labute approximate surface area is 239 Å². The first-order valence-corrected chi connectivity index (χ1v) is 14.5. The van der Waals surface area contributed by atoms with Gasteiger partial charge in [0.15, 0.2) is 0 Å². The lowest BCUT2D eigenvalue weighted by atomic mass is 9.99. The number of unbranched alkanes of at least 4 members (excludes halogenated alkanes) is 5. The molecule has 1 aromatic heterocycles. The molecule has 0 saturated carbocycles. The number of esters is 1. The lowest BCUT2D eigenvalue weighted by Gasteiger charge is -2.22. The van der Waals surface area contributed by atoms with E-state index in [9.17, 15) is 9.59 Å². The minimum Gasteiger partial charge on any atom is -0.493 e. The van der Waals surface area contributed by atoms with Crippen LogP contribution in [0.1, 0.15) is 91.0 Å². The number of hydrogen-bond donors (Lipinski definition) is 0. The number of ether oxygens (including phenoxy) is 4. The summed E-state index contributed by atoms with van der Waals surface area (Å²) in [4.78, 5) is 24.5. The third-order valence-corrected chi connectivity index (χ3v) is 6.58. The first-order valence-electron chi connectivity index (χ1n) is 14.5. The number of nitrogens with zero attached hydrogens (tertiary/aromatic N) is 1. The Hall–Kier alpha value is -3.48. The van der Waals surface area contributed by atoms with E-state index >= 15 is 0 Å². The minimum absolute atomic E-state index is 0.188. The van der Waals surface area contributed by atoms with Crippen molar-refractivity contribution in [3.63, 3.8) is 0 Å². The van der Waals surface area contributed by atoms with Crippen molar-refractivity contribution in [2.24, 2.45) is 0 Å². The van der Waals surface area contributed by atoms with Crippen LogP contribution in [0.4, 0.5) is 4.79 Å². The molecule has 0 amide bonds. The van der Waals surface area contributed by atoms with Crippen LogP contribution >= 0.6 is 0 Å². The molecule has 0 N–H and O–H groups in total. The van der Waals surface area contributed by atoms with Crippen molar-refractivity contribution in [2.45, 2.75) is 91.1 Å². The molecule has 3 rings (SSSR count). The summed E-state index contributed by atoms with van der Waals surface area (Å²) < 4.78 is 24.7. The fraction of sp³-hybridized carbons (Fsp3) is 0.515. The number of carbonyl (C=O) groups excluding carboxylic acids is 2. The Morgan fingerprint density at radius 2 is 1.60 bits per heavy atom. The van der Waals surface area contributed by atoms with E-state index in [0.29, 0.717) is 31.1 Å². The van der Waals surface area contributed by atoms with Gasteiger partial charge in [0.1, 0.15) is 17.1 Å². The maximum atomic E-state index is 13.1. The summed E-state index contributed by atoms with van der Waals surface area (Å²) in [5.74, 6) is 1.27. The third kappa shape index (κ3) is 9.32. The van der Waals surface area contributed by atoms with Crippen LogP contribution in [-0.4, -0.2) is 42.6 Å². The summed E-state index contributed by atoms with van der Waals surface area (Å²) in [6, 6.07) is 7.77. The van der Waals surface area contributed by atoms with E-state index in [1.807, 2.05) is 45.0 Å². The Bertz CT molecular complexity index is 1180. The molecule has 7 nitrogen and oxygen atoms in total. The van der Waals surface area contributed by atoms with Crippen molar-refractivity contribution >= 4 is 17.6 Å². The second kappa shape index (κ2) is 15.3. The number of aromatic nitrogens is 1. The van der Waals surface area contributed by atoms with E-state index in [4.69, 9.17) is 18.9 Å². The summed E-state index contributed by atoms with van der Waals surface area (Å²) in [6.45, 7) is 8.86. The Morgan fingerprint density at radius 3 is 2.23 bits per heavy atom. The van der Waals surface area contributed by atoms with Crippen LogP contribution in [0.25, 0.3) is 16.8 Å². The number of methoxy groups -OCH3 is 1. The summed E-state index contributed by atoms with van der Waals surface area (Å²) in [7, 11) is 1.41. The number of benzene rings is 1. The van der Waals surface area contributed by atoms with Crippen LogP contribution in [-0.2, 0) is 14.3 Å². The second-order valence-electron chi connectivity index (χ2n) is 11.1. The van der Waals surface area contributed by atoms with Gasteiger partial charge in [-0.3, -0.25) is 9.36 Å². The largest absolute Gasteiger partial charge is 0.493 e. The first-order chi connectivity index (χ1) is 19.2. The predicted octanol–water partition coefficient (Wildman–Crippen LogP) is 8.35. The van der Waals surface area contributed by atoms with Crippen LogP contribution < -0.4 is 9.47 Å². The van der Waals surface area contributed by atoms with Crippen molar-refractivity contribution < 1.29 is 28.5 Å². The molecule has 40 heavy (non-hydrogen) atoms. The highest BCUT2D eigenvalue weighted by molar-refractivity contribution is 5.85. The van der Waals surface area contributed by atoms with E-state index in [1.54, 1.807) is 6.20 Å². The molecule has 218 valence electrons. The number of carbonyl (C=O) groups is 2. The van der Waals surface area contributed by atoms with Crippen LogP contribution in [0.2, 0.25) is 0 Å². The van der Waals surface area contributed by atoms with E-state index in [1.165, 1.54) is 18.1 Å². The number of rotatable bonds is 15. The average Bonchev–Trinajstić information content (AvgIpc) is 3.62. The predicted molar refractivity (Wildman–Crippen MR) is 159 cm³/mol. The molecular weight excluding hydrogens is 506 g/mol. The van der Waals surface area contributed by atoms with Crippen LogP contribution in [0.5, 0.6) is 11.5 Å². The zero-order valence-corrected chi connectivity index (χ0v) is 24.8. The van der Waals surface area contributed by atoms with Crippen molar-refractivity contribution in [1.29, 1.82) is 0 Å². The molecule has 0 fully saturated rings. The van der Waals surface area contributed by atoms with Gasteiger partial charge in [0.25, 0.3) is 0 Å². The van der Waals surface area contributed by atoms with Crippen molar-refractivity contribution in [2.75, 3.05) is 20.3 Å². The molecule has 7 heteroatoms. The summed E-state index contributed by atoms with van der Waals surface area (Å²) >= 11 is 0. The molecule has 0 atom stereocenters. The van der Waals surface area contributed by atoms with Crippen molar-refractivity contribution in [3.05, 3.63) is 54.3 Å². The lowest BCUT2D eigenvalue weighted by molar-refractivity contribution is -0.140. The van der Waals surface area contributed by atoms with Gasteiger partial charge in [-0.15, -0.1) is 0 Å². The highest BCUT2D eigenvalue weighted by Gasteiger charge is 2.23. The molecular formula is C33H45NO6. The Kier molecular flexibility index (Phi) is 11.9. The summed E-state index contributed by atoms with van der Waals surface area (Å²) in [6.07, 6.45) is 15.6. The second-order valence-corrected chi connectivity index (χ2v) is 11.1. The zero-order chi connectivity index (χ0) is 29.0. The maximum Gasteiger partial charge on any atom is 0.418 e. The van der Waals surface area contributed by atoms with Gasteiger partial charge in [-0.1, -0.05) is 44.4 Å². The summed E-state index contributed by atoms with van der Waals surface area (Å²) in [5.41, 5.74) is 2.99. The van der Waals surface area contributed by atoms with Gasteiger partial charge in [0.2, 0.25) is 0 Å². The molecule has 0 unspecified atom stereocenters. The van der Waals surface area contributed by atoms with Gasteiger partial charge in [-0.25, -0.2) is 4.79 Å². The van der Waals surface area contributed by atoms with E-state index in [2.05, 4.69) is 25.2 Å². The average molecular weight is 552 g/mol. The van der Waals surface area contributed by atoms with Gasteiger partial charge in [0.05, 0.1) is 26.0 Å². The molecule has 0 spiro atoms. The topological polar surface area (TPSA) is 76.0 Å². The SMILES string of the molecule is CCCCCCOc1cc(C2=CC=CC2)c(OCCCCCC(=O)OC)cc1-c1cccn1C(=O)OC(C)(C)C. The molecule has 0 bridgehead atoms. The lowest BCUT2D eigenvalue weighted by Crippen LogP contribution is -2.27. The van der Waals surface area contributed by atoms with Crippen molar-refractivity contribution in [1.82, 2.24) is 4.57 Å². The first kappa shape index (κ1) is 31.1. The molecule has 0 aliphatic heterocycles. The van der Waals surface area contributed by atoms with Crippen LogP contribution in [0.3, 0.4) is 0 Å². The molecule has 2 aromatic rings. The summed E-state index contributed by atoms with van der Waals surface area (Å²) in [5, 5.41) is 0. The highest BCUT2D eigenvalue weighted by Crippen LogP contribution is 2.41. The smallest absolute Gasteiger partial charge is 0.418 e. The zero-order valence-electron chi connectivity index (χ0n) is 24.8. The van der Waals surface area contributed by atoms with Crippen LogP contribution in [0, 0.1) is 0 Å². The monoisotopic (exact) mass is 551 g/mol. The molecule has 1 heterocycles. The van der Waals surface area contributed by atoms with Gasteiger partial charge in [-0.05, 0) is 82.7 Å². The van der Waals surface area contributed by atoms with Gasteiger partial charge in [-0.2, -0.15) is 0 Å². The third-order valence-electron chi connectivity index (χ3n) is 6.58. The standard InChI is InChI=1S/C33H45NO6/c1-6-7-8-13-21-39-30-23-26(25-16-11-12-17-25)29(38-22-14-9-10-19-31(35)37-5)24-27(30)28-18-15-20-34(28)32(36)40-33(2,3)4/h11-12,15-16,18,20,23-24H,6-10,13-14,17,19,21-22H2,1-5H3. The molecule has 1 aromatic carbocycles. The molecule has 0 radical (unpaired) electrons. The van der Waals surface area contributed by atoms with Gasteiger partial charge >= 0.3 is 12.1 Å². The van der Waals surface area contributed by atoms with E-state index in [0.717, 1.165) is 67.4 Å². The Balaban J connectivity index is 1.92. The normalized spacial score (nSPS) is 12.8. The fourth-order valence-electron chi connectivity index (χ4n) is 4.51. The van der Waals surface area contributed by atoms with Gasteiger partial charge in [0, 0.05) is 23.7 Å². The highest BCUT2D eigenvalue weighted by atomic mass is 16.6. The molecule has 1 aliphatic rings. The van der Waals surface area contributed by atoms with E-state index < -0.39 is 11.7 Å². The van der Waals surface area contributed by atoms with Crippen molar-refractivity contribution in [3.8, 4) is 22.8 Å². The molecule has 1 aliphatic carbocycles. The molecule has 0 saturated heterocycles. The van der Waals surface area contributed by atoms with Crippen LogP contribution in [0.15, 0.2) is 48.7 Å². The maximum absolute atomic E-state index is 13.1. The fourth-order valence-corrected chi connectivity index (χ4v) is 4.51. The number of allylic oxidation sites excluding steroid dienone is 4.